The molecule has 1 aromatic rings. The van der Waals surface area contributed by atoms with Gasteiger partial charge < -0.3 is 25.0 Å². The number of benzene rings is 1. The van der Waals surface area contributed by atoms with Gasteiger partial charge in [-0.15, -0.1) is 0 Å². The van der Waals surface area contributed by atoms with Crippen LogP contribution in [0.1, 0.15) is 18.9 Å². The van der Waals surface area contributed by atoms with Gasteiger partial charge in [0.05, 0.1) is 12.7 Å². The van der Waals surface area contributed by atoms with Gasteiger partial charge in [-0.05, 0) is 18.1 Å². The number of nitrogens with one attached hydrogen (secondary N) is 1. The summed E-state index contributed by atoms with van der Waals surface area (Å²) in [6, 6.07) is 3.86. The molecule has 0 spiro atoms. The molecule has 0 saturated carbocycles. The quantitative estimate of drug-likeness (QED) is 0.709. The number of aliphatic hydroxyl groups is 2. The molecule has 1 aliphatic heterocycles. The van der Waals surface area contributed by atoms with Crippen LogP contribution in [-0.4, -0.2) is 36.3 Å². The molecule has 0 aliphatic carbocycles. The average molecular weight is 253 g/mol. The van der Waals surface area contributed by atoms with Crippen molar-refractivity contribution in [2.75, 3.05) is 25.3 Å². The predicted octanol–water partition coefficient (Wildman–Crippen LogP) is 1.13. The second kappa shape index (κ2) is 5.93. The van der Waals surface area contributed by atoms with Crippen LogP contribution in [0.15, 0.2) is 12.1 Å². The Morgan fingerprint density at radius 2 is 2.06 bits per heavy atom. The summed E-state index contributed by atoms with van der Waals surface area (Å²) in [6.07, 6.45) is 1.19. The number of aryl methyl sites for hydroxylation is 1. The Hall–Kier alpha value is -1.46. The fourth-order valence-electron chi connectivity index (χ4n) is 1.92. The lowest BCUT2D eigenvalue weighted by atomic mass is 10.1. The van der Waals surface area contributed by atoms with Gasteiger partial charge in [0.15, 0.2) is 11.5 Å². The van der Waals surface area contributed by atoms with Gasteiger partial charge in [-0.25, -0.2) is 0 Å². The first-order chi connectivity index (χ1) is 8.74. The highest BCUT2D eigenvalue weighted by Crippen LogP contribution is 2.37. The van der Waals surface area contributed by atoms with Crippen molar-refractivity contribution in [3.8, 4) is 11.5 Å². The first-order valence-electron chi connectivity index (χ1n) is 6.20. The summed E-state index contributed by atoms with van der Waals surface area (Å²) < 4.78 is 10.7. The van der Waals surface area contributed by atoms with Crippen LogP contribution in [0.4, 0.5) is 5.69 Å². The molecule has 0 aromatic heterocycles. The van der Waals surface area contributed by atoms with Crippen molar-refractivity contribution in [2.24, 2.45) is 0 Å². The molecular weight excluding hydrogens is 234 g/mol. The first kappa shape index (κ1) is 13.0. The van der Waals surface area contributed by atoms with E-state index in [0.29, 0.717) is 6.54 Å². The van der Waals surface area contributed by atoms with E-state index in [2.05, 4.69) is 12.2 Å². The minimum Gasteiger partial charge on any atom is -0.454 e. The van der Waals surface area contributed by atoms with Crippen molar-refractivity contribution in [1.82, 2.24) is 0 Å². The minimum atomic E-state index is -0.759. The topological polar surface area (TPSA) is 71.0 Å². The molecule has 3 N–H and O–H groups in total. The van der Waals surface area contributed by atoms with Gasteiger partial charge in [0.2, 0.25) is 6.79 Å². The fourth-order valence-corrected chi connectivity index (χ4v) is 1.92. The summed E-state index contributed by atoms with van der Waals surface area (Å²) >= 11 is 0. The van der Waals surface area contributed by atoms with Crippen LogP contribution in [-0.2, 0) is 6.42 Å². The SMILES string of the molecule is CCCc1cc2c(cc1NCC(O)CO)OCO2. The van der Waals surface area contributed by atoms with E-state index in [1.165, 1.54) is 0 Å². The van der Waals surface area contributed by atoms with Crippen LogP contribution in [0.5, 0.6) is 11.5 Å². The maximum absolute atomic E-state index is 9.37. The molecule has 1 atom stereocenters. The van der Waals surface area contributed by atoms with E-state index in [1.54, 1.807) is 0 Å². The van der Waals surface area contributed by atoms with E-state index < -0.39 is 6.10 Å². The Kier molecular flexibility index (Phi) is 4.28. The van der Waals surface area contributed by atoms with Gasteiger partial charge >= 0.3 is 0 Å². The van der Waals surface area contributed by atoms with E-state index in [-0.39, 0.29) is 13.4 Å². The minimum absolute atomic E-state index is 0.249. The van der Waals surface area contributed by atoms with Crippen LogP contribution in [0, 0.1) is 0 Å². The zero-order chi connectivity index (χ0) is 13.0. The van der Waals surface area contributed by atoms with Crippen molar-refractivity contribution in [1.29, 1.82) is 0 Å². The number of aliphatic hydroxyl groups excluding tert-OH is 2. The van der Waals surface area contributed by atoms with Gasteiger partial charge in [0, 0.05) is 18.3 Å². The molecule has 5 heteroatoms. The smallest absolute Gasteiger partial charge is 0.231 e. The zero-order valence-electron chi connectivity index (χ0n) is 10.5. The molecule has 0 bridgehead atoms. The summed E-state index contributed by atoms with van der Waals surface area (Å²) in [5.41, 5.74) is 2.06. The number of anilines is 1. The van der Waals surface area contributed by atoms with Crippen molar-refractivity contribution in [3.63, 3.8) is 0 Å². The fraction of sp³-hybridized carbons (Fsp3) is 0.538. The summed E-state index contributed by atoms with van der Waals surface area (Å²) in [5.74, 6) is 1.49. The molecule has 2 rings (SSSR count). The van der Waals surface area contributed by atoms with Crippen LogP contribution in [0.25, 0.3) is 0 Å². The predicted molar refractivity (Wildman–Crippen MR) is 68.1 cm³/mol. The molecule has 1 heterocycles. The molecule has 0 radical (unpaired) electrons. The Balaban J connectivity index is 2.15. The van der Waals surface area contributed by atoms with Gasteiger partial charge in [-0.3, -0.25) is 0 Å². The third kappa shape index (κ3) is 2.86. The molecule has 1 aliphatic rings. The molecule has 1 aromatic carbocycles. The standard InChI is InChI=1S/C13H19NO4/c1-2-3-9-4-12-13(18-8-17-12)5-11(9)14-6-10(16)7-15/h4-5,10,14-16H,2-3,6-8H2,1H3. The molecule has 18 heavy (non-hydrogen) atoms. The summed E-state index contributed by atoms with van der Waals surface area (Å²) in [4.78, 5) is 0. The van der Waals surface area contributed by atoms with Crippen molar-refractivity contribution in [3.05, 3.63) is 17.7 Å². The van der Waals surface area contributed by atoms with Gasteiger partial charge in [0.25, 0.3) is 0 Å². The third-order valence-corrected chi connectivity index (χ3v) is 2.86. The van der Waals surface area contributed by atoms with Crippen LogP contribution < -0.4 is 14.8 Å². The average Bonchev–Trinajstić information content (AvgIpc) is 2.83. The molecule has 5 nitrogen and oxygen atoms in total. The molecule has 0 fully saturated rings. The summed E-state index contributed by atoms with van der Waals surface area (Å²) in [6.45, 7) is 2.42. The van der Waals surface area contributed by atoms with Crippen LogP contribution in [0.3, 0.4) is 0 Å². The van der Waals surface area contributed by atoms with Gasteiger partial charge in [-0.2, -0.15) is 0 Å². The molecule has 0 saturated heterocycles. The zero-order valence-corrected chi connectivity index (χ0v) is 10.5. The molecule has 100 valence electrons. The number of hydrogen-bond acceptors (Lipinski definition) is 5. The van der Waals surface area contributed by atoms with Crippen LogP contribution >= 0.6 is 0 Å². The number of hydrogen-bond donors (Lipinski definition) is 3. The lowest BCUT2D eigenvalue weighted by molar-refractivity contribution is 0.105. The normalized spacial score (nSPS) is 14.6. The lowest BCUT2D eigenvalue weighted by Crippen LogP contribution is -2.23. The van der Waals surface area contributed by atoms with E-state index in [9.17, 15) is 5.11 Å². The number of ether oxygens (including phenoxy) is 2. The second-order valence-electron chi connectivity index (χ2n) is 4.33. The molecular formula is C13H19NO4. The van der Waals surface area contributed by atoms with Gasteiger partial charge in [-0.1, -0.05) is 13.3 Å². The van der Waals surface area contributed by atoms with Crippen LogP contribution in [0.2, 0.25) is 0 Å². The van der Waals surface area contributed by atoms with E-state index in [4.69, 9.17) is 14.6 Å². The largest absolute Gasteiger partial charge is 0.454 e. The third-order valence-electron chi connectivity index (χ3n) is 2.86. The Bertz CT molecular complexity index is 408. The van der Waals surface area contributed by atoms with Crippen molar-refractivity contribution >= 4 is 5.69 Å². The number of rotatable bonds is 6. The Morgan fingerprint density at radius 1 is 1.33 bits per heavy atom. The lowest BCUT2D eigenvalue weighted by Gasteiger charge is -2.14. The number of fused-ring (bicyclic) bond motifs is 1. The Morgan fingerprint density at radius 3 is 2.72 bits per heavy atom. The molecule has 0 amide bonds. The van der Waals surface area contributed by atoms with Crippen molar-refractivity contribution in [2.45, 2.75) is 25.9 Å². The highest BCUT2D eigenvalue weighted by atomic mass is 16.7. The van der Waals surface area contributed by atoms with E-state index in [0.717, 1.165) is 35.6 Å². The van der Waals surface area contributed by atoms with E-state index >= 15 is 0 Å². The van der Waals surface area contributed by atoms with E-state index in [1.807, 2.05) is 12.1 Å². The summed E-state index contributed by atoms with van der Waals surface area (Å²) in [5, 5.41) is 21.3. The summed E-state index contributed by atoms with van der Waals surface area (Å²) in [7, 11) is 0. The first-order valence-corrected chi connectivity index (χ1v) is 6.20. The van der Waals surface area contributed by atoms with Crippen molar-refractivity contribution < 1.29 is 19.7 Å². The maximum atomic E-state index is 9.37. The maximum Gasteiger partial charge on any atom is 0.231 e. The second-order valence-corrected chi connectivity index (χ2v) is 4.33. The highest BCUT2D eigenvalue weighted by Gasteiger charge is 2.17. The monoisotopic (exact) mass is 253 g/mol. The molecule has 1 unspecified atom stereocenters. The van der Waals surface area contributed by atoms with Gasteiger partial charge in [0.1, 0.15) is 0 Å². The Labute approximate surface area is 106 Å². The highest BCUT2D eigenvalue weighted by molar-refractivity contribution is 5.61.